The summed E-state index contributed by atoms with van der Waals surface area (Å²) in [5.74, 6) is -0.819. The Bertz CT molecular complexity index is 764. The summed E-state index contributed by atoms with van der Waals surface area (Å²) in [4.78, 5) is 24.9. The van der Waals surface area contributed by atoms with Gasteiger partial charge in [0.2, 0.25) is 0 Å². The van der Waals surface area contributed by atoms with Gasteiger partial charge < -0.3 is 34.6 Å². The van der Waals surface area contributed by atoms with Gasteiger partial charge in [0.1, 0.15) is 30.5 Å². The fraction of sp³-hybridized carbons (Fsp3) is 0.810. The molecule has 3 fully saturated rings. The molecule has 9 heteroatoms. The van der Waals surface area contributed by atoms with E-state index in [4.69, 9.17) is 14.2 Å². The van der Waals surface area contributed by atoms with Crippen LogP contribution < -0.4 is 0 Å². The number of ether oxygens (including phenoxy) is 3. The third-order valence-electron chi connectivity index (χ3n) is 7.96. The maximum atomic E-state index is 12.6. The lowest BCUT2D eigenvalue weighted by molar-refractivity contribution is -0.307. The summed E-state index contributed by atoms with van der Waals surface area (Å²) < 4.78 is 17.0. The van der Waals surface area contributed by atoms with Gasteiger partial charge in [-0.2, -0.15) is 0 Å². The van der Waals surface area contributed by atoms with Crippen LogP contribution in [0.5, 0.6) is 0 Å². The molecule has 4 aliphatic rings. The number of aliphatic hydroxyl groups excluding tert-OH is 4. The molecule has 10 atom stereocenters. The number of allylic oxidation sites excluding steroid dienone is 1. The SMILES string of the molecule is C[C@@H]1[C@H]2C[C@]3(CC(=O)O2)C(=CC(=O)[C@@H]3C)[C@]1(C)CO[C@@H]1O[C@H](CO)[C@@H](O)[C@H](O)[C@H]1O. The van der Waals surface area contributed by atoms with E-state index < -0.39 is 48.1 Å². The largest absolute Gasteiger partial charge is 0.462 e. The molecular formula is C21H30O9. The normalized spacial score (nSPS) is 50.7. The molecule has 0 aromatic carbocycles. The standard InChI is InChI=1S/C21H30O9/c1-9-11(23)4-14-20(3,10(2)12-5-21(9,14)6-15(24)29-12)8-28-19-18(27)17(26)16(25)13(7-22)30-19/h4,9-10,12-13,16-19,22,25-27H,5-8H2,1-3H3/t9-,10+,12+,13+,16+,17-,18+,19+,20+,21+/m0/s1. The number of carbonyl (C=O) groups is 2. The second-order valence-corrected chi connectivity index (χ2v) is 9.46. The van der Waals surface area contributed by atoms with Crippen molar-refractivity contribution in [1.82, 2.24) is 0 Å². The second kappa shape index (κ2) is 7.36. The molecule has 2 heterocycles. The van der Waals surface area contributed by atoms with Crippen LogP contribution in [0.1, 0.15) is 33.6 Å². The Labute approximate surface area is 174 Å². The summed E-state index contributed by atoms with van der Waals surface area (Å²) in [5.41, 5.74) is -0.419. The van der Waals surface area contributed by atoms with Crippen molar-refractivity contribution in [2.45, 2.75) is 70.4 Å². The highest BCUT2D eigenvalue weighted by Gasteiger charge is 2.64. The van der Waals surface area contributed by atoms with E-state index in [1.807, 2.05) is 20.8 Å². The van der Waals surface area contributed by atoms with Gasteiger partial charge in [-0.1, -0.05) is 26.3 Å². The summed E-state index contributed by atoms with van der Waals surface area (Å²) in [6, 6.07) is 0. The van der Waals surface area contributed by atoms with Crippen molar-refractivity contribution in [3.05, 3.63) is 11.6 Å². The van der Waals surface area contributed by atoms with E-state index in [-0.39, 0.29) is 42.7 Å². The van der Waals surface area contributed by atoms with Crippen molar-refractivity contribution in [1.29, 1.82) is 0 Å². The number of rotatable bonds is 4. The van der Waals surface area contributed by atoms with Gasteiger partial charge in [0.25, 0.3) is 0 Å². The zero-order valence-electron chi connectivity index (χ0n) is 17.4. The topological polar surface area (TPSA) is 143 Å². The Morgan fingerprint density at radius 3 is 2.53 bits per heavy atom. The van der Waals surface area contributed by atoms with E-state index in [1.54, 1.807) is 6.08 Å². The van der Waals surface area contributed by atoms with Gasteiger partial charge in [-0.05, 0) is 12.5 Å². The summed E-state index contributed by atoms with van der Waals surface area (Å²) in [6.45, 7) is 5.22. The van der Waals surface area contributed by atoms with Gasteiger partial charge in [-0.15, -0.1) is 0 Å². The first-order valence-electron chi connectivity index (χ1n) is 10.4. The van der Waals surface area contributed by atoms with Gasteiger partial charge in [0.05, 0.1) is 19.6 Å². The van der Waals surface area contributed by atoms with Crippen molar-refractivity contribution < 1.29 is 44.2 Å². The number of aliphatic hydroxyl groups is 4. The number of fused-ring (bicyclic) bond motifs is 1. The predicted molar refractivity (Wildman–Crippen MR) is 101 cm³/mol. The van der Waals surface area contributed by atoms with Crippen molar-refractivity contribution in [2.24, 2.45) is 22.7 Å². The Morgan fingerprint density at radius 1 is 1.17 bits per heavy atom. The molecule has 9 nitrogen and oxygen atoms in total. The summed E-state index contributed by atoms with van der Waals surface area (Å²) >= 11 is 0. The van der Waals surface area contributed by atoms with Gasteiger partial charge in [-0.25, -0.2) is 0 Å². The van der Waals surface area contributed by atoms with Crippen LogP contribution in [0.25, 0.3) is 0 Å². The van der Waals surface area contributed by atoms with E-state index >= 15 is 0 Å². The van der Waals surface area contributed by atoms with E-state index in [0.29, 0.717) is 6.42 Å². The van der Waals surface area contributed by atoms with Crippen LogP contribution in [0, 0.1) is 22.7 Å². The van der Waals surface area contributed by atoms with Crippen LogP contribution in [0.4, 0.5) is 0 Å². The highest BCUT2D eigenvalue weighted by molar-refractivity contribution is 5.98. The first kappa shape index (κ1) is 21.9. The average Bonchev–Trinajstić information content (AvgIpc) is 2.95. The lowest BCUT2D eigenvalue weighted by atomic mass is 9.51. The van der Waals surface area contributed by atoms with Crippen molar-refractivity contribution in [2.75, 3.05) is 13.2 Å². The highest BCUT2D eigenvalue weighted by Crippen LogP contribution is 2.64. The van der Waals surface area contributed by atoms with Crippen LogP contribution in [-0.2, 0) is 23.8 Å². The van der Waals surface area contributed by atoms with Gasteiger partial charge in [0, 0.05) is 22.7 Å². The van der Waals surface area contributed by atoms with E-state index in [1.165, 1.54) is 0 Å². The molecule has 0 radical (unpaired) electrons. The molecule has 2 aliphatic heterocycles. The third kappa shape index (κ3) is 2.98. The van der Waals surface area contributed by atoms with Crippen LogP contribution in [0.3, 0.4) is 0 Å². The minimum atomic E-state index is -1.53. The maximum absolute atomic E-state index is 12.6. The minimum absolute atomic E-state index is 0.0217. The molecule has 2 aliphatic carbocycles. The molecule has 4 N–H and O–H groups in total. The molecule has 0 amide bonds. The van der Waals surface area contributed by atoms with Gasteiger partial charge in [-0.3, -0.25) is 9.59 Å². The van der Waals surface area contributed by atoms with Crippen LogP contribution in [0.15, 0.2) is 11.6 Å². The first-order chi connectivity index (χ1) is 14.0. The molecule has 0 aromatic heterocycles. The number of carbonyl (C=O) groups excluding carboxylic acids is 2. The van der Waals surface area contributed by atoms with Crippen LogP contribution >= 0.6 is 0 Å². The number of hydrogen-bond donors (Lipinski definition) is 4. The van der Waals surface area contributed by atoms with Crippen molar-refractivity contribution in [3.63, 3.8) is 0 Å². The van der Waals surface area contributed by atoms with Crippen molar-refractivity contribution >= 4 is 11.8 Å². The molecule has 168 valence electrons. The quantitative estimate of drug-likeness (QED) is 0.429. The molecular weight excluding hydrogens is 396 g/mol. The lowest BCUT2D eigenvalue weighted by Crippen LogP contribution is -2.61. The molecule has 30 heavy (non-hydrogen) atoms. The molecule has 4 rings (SSSR count). The molecule has 2 saturated heterocycles. The van der Waals surface area contributed by atoms with Crippen LogP contribution in [0.2, 0.25) is 0 Å². The molecule has 0 aromatic rings. The lowest BCUT2D eigenvalue weighted by Gasteiger charge is -2.57. The highest BCUT2D eigenvalue weighted by atomic mass is 16.7. The number of hydrogen-bond acceptors (Lipinski definition) is 9. The maximum Gasteiger partial charge on any atom is 0.306 e. The summed E-state index contributed by atoms with van der Waals surface area (Å²) in [5, 5.41) is 39.6. The summed E-state index contributed by atoms with van der Waals surface area (Å²) in [7, 11) is 0. The van der Waals surface area contributed by atoms with Crippen LogP contribution in [-0.4, -0.2) is 82.2 Å². The zero-order valence-corrected chi connectivity index (χ0v) is 17.4. The second-order valence-electron chi connectivity index (χ2n) is 9.46. The predicted octanol–water partition coefficient (Wildman–Crippen LogP) is -0.704. The monoisotopic (exact) mass is 426 g/mol. The molecule has 1 spiro atoms. The Morgan fingerprint density at radius 2 is 1.87 bits per heavy atom. The Balaban J connectivity index is 1.61. The average molecular weight is 426 g/mol. The smallest absolute Gasteiger partial charge is 0.306 e. The van der Waals surface area contributed by atoms with Crippen molar-refractivity contribution in [3.8, 4) is 0 Å². The third-order valence-corrected chi connectivity index (χ3v) is 7.96. The summed E-state index contributed by atoms with van der Waals surface area (Å²) in [6.07, 6.45) is -4.83. The molecule has 1 saturated carbocycles. The first-order valence-corrected chi connectivity index (χ1v) is 10.4. The van der Waals surface area contributed by atoms with E-state index in [2.05, 4.69) is 0 Å². The molecule has 0 unspecified atom stereocenters. The fourth-order valence-corrected chi connectivity index (χ4v) is 5.73. The van der Waals surface area contributed by atoms with E-state index in [0.717, 1.165) is 5.57 Å². The minimum Gasteiger partial charge on any atom is -0.462 e. The van der Waals surface area contributed by atoms with Gasteiger partial charge in [0.15, 0.2) is 12.1 Å². The number of ketones is 1. The van der Waals surface area contributed by atoms with E-state index in [9.17, 15) is 30.0 Å². The zero-order chi connectivity index (χ0) is 22.0. The number of esters is 1. The Kier molecular flexibility index (Phi) is 5.36. The molecule has 2 bridgehead atoms. The Hall–Kier alpha value is -1.36. The van der Waals surface area contributed by atoms with Gasteiger partial charge >= 0.3 is 5.97 Å². The fourth-order valence-electron chi connectivity index (χ4n) is 5.73.